The first-order chi connectivity index (χ1) is 20.9. The molecular weight excluding hydrogens is 593 g/mol. The van der Waals surface area contributed by atoms with Crippen LogP contribution in [-0.2, 0) is 28.5 Å². The molecule has 2 N–H and O–H groups in total. The molecule has 0 fully saturated rings. The van der Waals surface area contributed by atoms with Gasteiger partial charge in [0, 0.05) is 48.0 Å². The maximum atomic E-state index is 13.1. The van der Waals surface area contributed by atoms with Crippen LogP contribution in [0.1, 0.15) is 28.2 Å². The van der Waals surface area contributed by atoms with Gasteiger partial charge in [-0.3, -0.25) is 14.7 Å². The molecule has 44 heavy (non-hydrogen) atoms. The molecule has 0 bridgehead atoms. The molecular formula is C30H27F3N8O2S. The summed E-state index contributed by atoms with van der Waals surface area (Å²) < 4.78 is 69.7. The topological polar surface area (TPSA) is 127 Å². The van der Waals surface area contributed by atoms with Crippen LogP contribution >= 0.6 is 0 Å². The van der Waals surface area contributed by atoms with Gasteiger partial charge in [-0.2, -0.15) is 18.2 Å². The summed E-state index contributed by atoms with van der Waals surface area (Å²) in [6, 6.07) is 12.3. The fraction of sp³-hybridized carbons (Fsp3) is 0.233. The largest absolute Gasteiger partial charge is 0.416 e. The van der Waals surface area contributed by atoms with Crippen LogP contribution < -0.4 is 15.7 Å². The van der Waals surface area contributed by atoms with Gasteiger partial charge in [-0.15, -0.1) is 0 Å². The Hall–Kier alpha value is -4.85. The van der Waals surface area contributed by atoms with E-state index < -0.39 is 27.5 Å². The van der Waals surface area contributed by atoms with Gasteiger partial charge in [0.25, 0.3) is 5.62 Å². The number of nitrogens with zero attached hydrogens (tertiary/aromatic N) is 6. The number of sulfonamides is 1. The lowest BCUT2D eigenvalue weighted by molar-refractivity contribution is -0.137. The number of halogens is 3. The van der Waals surface area contributed by atoms with Crippen molar-refractivity contribution in [3.63, 3.8) is 0 Å². The number of aryl methyl sites for hydroxylation is 3. The molecule has 3 aromatic rings. The molecule has 0 atom stereocenters. The van der Waals surface area contributed by atoms with Crippen molar-refractivity contribution in [2.45, 2.75) is 39.2 Å². The number of aromatic nitrogens is 5. The van der Waals surface area contributed by atoms with E-state index in [1.165, 1.54) is 0 Å². The molecule has 5 heterocycles. The summed E-state index contributed by atoms with van der Waals surface area (Å²) in [6.45, 7) is 7.02. The van der Waals surface area contributed by atoms with E-state index in [2.05, 4.69) is 30.0 Å². The number of fused-ring (bicyclic) bond motifs is 3. The van der Waals surface area contributed by atoms with Gasteiger partial charge in [-0.05, 0) is 74.4 Å². The van der Waals surface area contributed by atoms with Gasteiger partial charge in [0.15, 0.2) is 0 Å². The van der Waals surface area contributed by atoms with E-state index in [0.29, 0.717) is 30.2 Å². The molecule has 0 radical (unpaired) electrons. The summed E-state index contributed by atoms with van der Waals surface area (Å²) in [7, 11) is -4.08. The van der Waals surface area contributed by atoms with Crippen molar-refractivity contribution < 1.29 is 21.6 Å². The summed E-state index contributed by atoms with van der Waals surface area (Å²) in [5.41, 5.74) is 5.00. The molecule has 1 aromatic carbocycles. The lowest BCUT2D eigenvalue weighted by Gasteiger charge is -2.19. The van der Waals surface area contributed by atoms with Crippen molar-refractivity contribution in [3.05, 3.63) is 94.8 Å². The predicted molar refractivity (Wildman–Crippen MR) is 160 cm³/mol. The maximum absolute atomic E-state index is 13.1. The summed E-state index contributed by atoms with van der Waals surface area (Å²) in [5, 5.41) is 3.41. The predicted octanol–water partition coefficient (Wildman–Crippen LogP) is 5.38. The van der Waals surface area contributed by atoms with Crippen molar-refractivity contribution >= 4 is 27.2 Å². The van der Waals surface area contributed by atoms with E-state index in [1.807, 2.05) is 43.5 Å². The maximum Gasteiger partial charge on any atom is 0.416 e. The van der Waals surface area contributed by atoms with Crippen molar-refractivity contribution in [2.24, 2.45) is 4.99 Å². The highest BCUT2D eigenvalue weighted by atomic mass is 32.2. The highest BCUT2D eigenvalue weighted by Crippen LogP contribution is 2.39. The molecule has 3 aliphatic rings. The lowest BCUT2D eigenvalue weighted by Crippen LogP contribution is -2.18. The second kappa shape index (κ2) is 11.0. The Labute approximate surface area is 251 Å². The number of benzene rings is 1. The van der Waals surface area contributed by atoms with Crippen LogP contribution in [0.2, 0.25) is 0 Å². The van der Waals surface area contributed by atoms with E-state index in [9.17, 15) is 21.6 Å². The third-order valence-corrected chi connectivity index (χ3v) is 8.41. The van der Waals surface area contributed by atoms with E-state index in [0.717, 1.165) is 57.8 Å². The number of alkyl halides is 3. The highest BCUT2D eigenvalue weighted by molar-refractivity contribution is 7.91. The standard InChI is InChI=1S/C30H27F3N8O2S/c1-17-4-6-22(40-44(42,43)16-23-13-21(8-9-34-23)30(31,32)33)14-24(17)25-12-20-15-36-29(38-26-7-5-18(2)37-19(26)3)39-27(20)41-11-10-35-28(25)41/h4-9,12-15,35,40H,10-11,16H2,1-3H3. The molecule has 0 saturated carbocycles. The van der Waals surface area contributed by atoms with Gasteiger partial charge in [0.2, 0.25) is 10.0 Å². The number of anilines is 2. The van der Waals surface area contributed by atoms with Crippen molar-refractivity contribution in [3.8, 4) is 22.5 Å². The molecule has 0 aliphatic carbocycles. The molecule has 226 valence electrons. The first-order valence-corrected chi connectivity index (χ1v) is 15.3. The minimum atomic E-state index is -4.61. The van der Waals surface area contributed by atoms with Crippen LogP contribution in [-0.4, -0.2) is 39.5 Å². The molecule has 14 heteroatoms. The summed E-state index contributed by atoms with van der Waals surface area (Å²) in [5.74, 6) is 0.793. The Balaban J connectivity index is 1.35. The molecule has 0 amide bonds. The van der Waals surface area contributed by atoms with E-state index in [-0.39, 0.29) is 11.4 Å². The Morgan fingerprint density at radius 1 is 1.00 bits per heavy atom. The molecule has 2 aromatic heterocycles. The van der Waals surface area contributed by atoms with Crippen molar-refractivity contribution in [1.82, 2.24) is 24.5 Å². The second-order valence-electron chi connectivity index (χ2n) is 10.5. The third-order valence-electron chi connectivity index (χ3n) is 7.19. The van der Waals surface area contributed by atoms with Crippen LogP contribution in [0.5, 0.6) is 0 Å². The molecule has 0 spiro atoms. The smallest absolute Gasteiger partial charge is 0.369 e. The zero-order valence-corrected chi connectivity index (χ0v) is 24.8. The summed E-state index contributed by atoms with van der Waals surface area (Å²) in [6.07, 6.45) is -1.95. The van der Waals surface area contributed by atoms with Crippen molar-refractivity contribution in [2.75, 3.05) is 16.6 Å². The first-order valence-electron chi connectivity index (χ1n) is 13.6. The lowest BCUT2D eigenvalue weighted by atomic mass is 9.98. The normalized spacial score (nSPS) is 13.6. The Kier molecular flexibility index (Phi) is 7.32. The van der Waals surface area contributed by atoms with Crippen LogP contribution in [0.15, 0.2) is 65.9 Å². The van der Waals surface area contributed by atoms with Crippen LogP contribution in [0.3, 0.4) is 0 Å². The van der Waals surface area contributed by atoms with Gasteiger partial charge in [-0.25, -0.2) is 18.4 Å². The average Bonchev–Trinajstić information content (AvgIpc) is 3.45. The van der Waals surface area contributed by atoms with Gasteiger partial charge < -0.3 is 9.88 Å². The fourth-order valence-electron chi connectivity index (χ4n) is 5.14. The number of pyridine rings is 3. The highest BCUT2D eigenvalue weighted by Gasteiger charge is 2.31. The van der Waals surface area contributed by atoms with Gasteiger partial charge in [0.1, 0.15) is 17.4 Å². The van der Waals surface area contributed by atoms with Gasteiger partial charge in [0.05, 0.1) is 22.6 Å². The molecule has 0 unspecified atom stereocenters. The number of hydrogen-bond donors (Lipinski definition) is 2. The Morgan fingerprint density at radius 3 is 2.59 bits per heavy atom. The van der Waals surface area contributed by atoms with E-state index in [4.69, 9.17) is 4.98 Å². The monoisotopic (exact) mass is 620 g/mol. The van der Waals surface area contributed by atoms with Crippen LogP contribution in [0.4, 0.5) is 30.4 Å². The van der Waals surface area contributed by atoms with E-state index in [1.54, 1.807) is 24.4 Å². The van der Waals surface area contributed by atoms with Gasteiger partial charge in [-0.1, -0.05) is 6.07 Å². The van der Waals surface area contributed by atoms with E-state index >= 15 is 0 Å². The van der Waals surface area contributed by atoms with Crippen LogP contribution in [0.25, 0.3) is 22.5 Å². The van der Waals surface area contributed by atoms with Crippen molar-refractivity contribution in [1.29, 1.82) is 0 Å². The second-order valence-corrected chi connectivity index (χ2v) is 12.2. The molecule has 6 rings (SSSR count). The molecule has 0 saturated heterocycles. The van der Waals surface area contributed by atoms with Crippen LogP contribution in [0, 0.1) is 20.8 Å². The van der Waals surface area contributed by atoms with Gasteiger partial charge >= 0.3 is 6.18 Å². The first kappa shape index (κ1) is 29.2. The molecule has 10 nitrogen and oxygen atoms in total. The Morgan fingerprint density at radius 2 is 1.82 bits per heavy atom. The zero-order valence-electron chi connectivity index (χ0n) is 23.9. The number of rotatable bonds is 6. The zero-order chi connectivity index (χ0) is 31.2. The minimum absolute atomic E-state index is 0.215. The quantitative estimate of drug-likeness (QED) is 0.261. The summed E-state index contributed by atoms with van der Waals surface area (Å²) in [4.78, 5) is 22.1. The number of hydrogen-bond acceptors (Lipinski definition) is 8. The molecule has 3 aliphatic heterocycles. The average molecular weight is 621 g/mol. The number of nitrogens with one attached hydrogen (secondary N) is 2. The fourth-order valence-corrected chi connectivity index (χ4v) is 6.25. The SMILES string of the molecule is Cc1ccc(N=c2ncc3cc(-c4cc(NS(=O)(=O)Cc5cc(C(F)(F)F)ccn5)ccc4C)c4n(c-3n2)CCN4)c(C)n1. The summed E-state index contributed by atoms with van der Waals surface area (Å²) >= 11 is 0. The third kappa shape index (κ3) is 5.97. The Bertz CT molecular complexity index is 2060. The minimum Gasteiger partial charge on any atom is -0.369 e.